The van der Waals surface area contributed by atoms with E-state index in [-0.39, 0.29) is 51.0 Å². The zero-order valence-electron chi connectivity index (χ0n) is 21.2. The molecular formula is C28H35BrN2O5. The van der Waals surface area contributed by atoms with Crippen LogP contribution in [0, 0.1) is 0 Å². The van der Waals surface area contributed by atoms with Gasteiger partial charge in [0.1, 0.15) is 22.9 Å². The largest absolute Gasteiger partial charge is 0.508 e. The molecule has 1 atom stereocenters. The van der Waals surface area contributed by atoms with Gasteiger partial charge < -0.3 is 30.6 Å². The molecule has 1 amide bonds. The summed E-state index contributed by atoms with van der Waals surface area (Å²) in [7, 11) is 0. The van der Waals surface area contributed by atoms with Gasteiger partial charge in [-0.2, -0.15) is 0 Å². The van der Waals surface area contributed by atoms with Crippen molar-refractivity contribution in [2.24, 2.45) is 0 Å². The van der Waals surface area contributed by atoms with Crippen LogP contribution in [-0.4, -0.2) is 43.3 Å². The SMILES string of the molecule is C/C(=C\CN1C(=O)c2cccc(O)c2Nc2c(O)cc(O)cc21)CC/C=C(\C)CCC(O)C(C)(C)Br. The lowest BCUT2D eigenvalue weighted by Gasteiger charge is -2.23. The molecule has 0 saturated carbocycles. The van der Waals surface area contributed by atoms with Crippen molar-refractivity contribution in [2.75, 3.05) is 16.8 Å². The van der Waals surface area contributed by atoms with Crippen molar-refractivity contribution in [3.05, 3.63) is 59.2 Å². The first-order valence-corrected chi connectivity index (χ1v) is 12.8. The zero-order valence-corrected chi connectivity index (χ0v) is 22.8. The predicted octanol–water partition coefficient (Wildman–Crippen LogP) is 6.49. The Labute approximate surface area is 220 Å². The summed E-state index contributed by atoms with van der Waals surface area (Å²) in [5.74, 6) is -0.864. The van der Waals surface area contributed by atoms with Crippen molar-refractivity contribution in [2.45, 2.75) is 63.8 Å². The highest BCUT2D eigenvalue weighted by molar-refractivity contribution is 9.10. The van der Waals surface area contributed by atoms with Crippen molar-refractivity contribution in [3.63, 3.8) is 0 Å². The number of phenolic OH excluding ortho intramolecular Hbond substituents is 3. The van der Waals surface area contributed by atoms with E-state index in [1.807, 2.05) is 26.8 Å². The summed E-state index contributed by atoms with van der Waals surface area (Å²) in [6.07, 6.45) is 6.87. The fraction of sp³-hybridized carbons (Fsp3) is 0.393. The number of anilines is 3. The molecule has 0 saturated heterocycles. The quantitative estimate of drug-likeness (QED) is 0.104. The molecule has 5 N–H and O–H groups in total. The van der Waals surface area contributed by atoms with Gasteiger partial charge in [0.2, 0.25) is 0 Å². The van der Waals surface area contributed by atoms with Gasteiger partial charge in [0.25, 0.3) is 5.91 Å². The number of allylic oxidation sites excluding steroid dienone is 3. The number of hydrogen-bond acceptors (Lipinski definition) is 6. The highest BCUT2D eigenvalue weighted by atomic mass is 79.9. The Balaban J connectivity index is 1.74. The van der Waals surface area contributed by atoms with Gasteiger partial charge in [-0.15, -0.1) is 0 Å². The van der Waals surface area contributed by atoms with E-state index in [2.05, 4.69) is 34.2 Å². The summed E-state index contributed by atoms with van der Waals surface area (Å²) in [4.78, 5) is 14.9. The number of aliphatic hydroxyl groups is 1. The third-order valence-electron chi connectivity index (χ3n) is 6.40. The molecule has 1 unspecified atom stereocenters. The molecule has 0 aromatic heterocycles. The smallest absolute Gasteiger partial charge is 0.260 e. The van der Waals surface area contributed by atoms with E-state index in [1.54, 1.807) is 12.1 Å². The number of alkyl halides is 1. The Kier molecular flexibility index (Phi) is 8.74. The van der Waals surface area contributed by atoms with Crippen molar-refractivity contribution >= 4 is 38.9 Å². The van der Waals surface area contributed by atoms with Crippen LogP contribution in [0.2, 0.25) is 0 Å². The first-order chi connectivity index (χ1) is 16.9. The van der Waals surface area contributed by atoms with Crippen molar-refractivity contribution in [3.8, 4) is 17.2 Å². The number of nitrogens with zero attached hydrogens (tertiary/aromatic N) is 1. The van der Waals surface area contributed by atoms with Crippen LogP contribution < -0.4 is 10.2 Å². The van der Waals surface area contributed by atoms with Gasteiger partial charge in [-0.1, -0.05) is 45.3 Å². The highest BCUT2D eigenvalue weighted by Gasteiger charge is 2.30. The predicted molar refractivity (Wildman–Crippen MR) is 148 cm³/mol. The Bertz CT molecular complexity index is 1180. The monoisotopic (exact) mass is 558 g/mol. The molecule has 0 bridgehead atoms. The number of hydrogen-bond donors (Lipinski definition) is 5. The molecule has 2 aromatic rings. The molecule has 1 aliphatic rings. The molecule has 1 aliphatic heterocycles. The van der Waals surface area contributed by atoms with Crippen LogP contribution in [-0.2, 0) is 0 Å². The fourth-order valence-corrected chi connectivity index (χ4v) is 4.28. The Hall–Kier alpha value is -2.97. The highest BCUT2D eigenvalue weighted by Crippen LogP contribution is 2.45. The standard InChI is InChI=1S/C28H35BrN2O5/c1-17(11-12-24(35)28(3,4)29)7-5-8-18(2)13-14-31-21-15-19(32)16-23(34)26(21)30-25-20(27(31)36)9-6-10-22(25)33/h6-7,9-10,13,15-16,24,30,32-35H,5,8,11-12,14H2,1-4H3/b17-7+,18-13+. The number of nitrogens with one attached hydrogen (secondary N) is 1. The van der Waals surface area contributed by atoms with E-state index in [1.165, 1.54) is 28.7 Å². The topological polar surface area (TPSA) is 113 Å². The minimum atomic E-state index is -0.420. The number of carbonyl (C=O) groups is 1. The van der Waals surface area contributed by atoms with Gasteiger partial charge in [-0.05, 0) is 65.5 Å². The van der Waals surface area contributed by atoms with Crippen LogP contribution in [0.5, 0.6) is 17.2 Å². The average molecular weight is 560 g/mol. The molecule has 194 valence electrons. The molecule has 0 aliphatic carbocycles. The number of carbonyl (C=O) groups excluding carboxylic acids is 1. The Morgan fingerprint density at radius 1 is 1.06 bits per heavy atom. The van der Waals surface area contributed by atoms with Crippen LogP contribution in [0.15, 0.2) is 53.6 Å². The Morgan fingerprint density at radius 3 is 2.44 bits per heavy atom. The number of phenols is 3. The minimum absolute atomic E-state index is 0.109. The normalized spacial score (nSPS) is 15.2. The summed E-state index contributed by atoms with van der Waals surface area (Å²) in [5.41, 5.74) is 3.35. The molecule has 3 rings (SSSR count). The molecule has 0 spiro atoms. The molecule has 1 heterocycles. The van der Waals surface area contributed by atoms with Gasteiger partial charge in [0.05, 0.1) is 23.0 Å². The van der Waals surface area contributed by atoms with Gasteiger partial charge in [0.15, 0.2) is 0 Å². The summed E-state index contributed by atoms with van der Waals surface area (Å²) in [5, 5.41) is 44.1. The summed E-state index contributed by atoms with van der Waals surface area (Å²) >= 11 is 3.51. The lowest BCUT2D eigenvalue weighted by Crippen LogP contribution is -2.30. The van der Waals surface area contributed by atoms with E-state index >= 15 is 0 Å². The zero-order chi connectivity index (χ0) is 26.6. The Morgan fingerprint density at radius 2 is 1.75 bits per heavy atom. The number of amides is 1. The first kappa shape index (κ1) is 27.6. The number of fused-ring (bicyclic) bond motifs is 2. The summed E-state index contributed by atoms with van der Waals surface area (Å²) in [6, 6.07) is 7.27. The van der Waals surface area contributed by atoms with Crippen LogP contribution in [0.4, 0.5) is 17.1 Å². The van der Waals surface area contributed by atoms with Crippen molar-refractivity contribution in [1.82, 2.24) is 0 Å². The lowest BCUT2D eigenvalue weighted by atomic mass is 9.99. The number of para-hydroxylation sites is 1. The maximum atomic E-state index is 13.4. The number of aliphatic hydroxyl groups excluding tert-OH is 1. The molecular weight excluding hydrogens is 524 g/mol. The van der Waals surface area contributed by atoms with Gasteiger partial charge in [-0.25, -0.2) is 0 Å². The third kappa shape index (κ3) is 6.62. The number of aromatic hydroxyl groups is 3. The van der Waals surface area contributed by atoms with E-state index in [0.717, 1.165) is 24.8 Å². The van der Waals surface area contributed by atoms with E-state index in [4.69, 9.17) is 0 Å². The molecule has 0 radical (unpaired) electrons. The fourth-order valence-electron chi connectivity index (χ4n) is 4.05. The maximum Gasteiger partial charge on any atom is 0.260 e. The molecule has 36 heavy (non-hydrogen) atoms. The van der Waals surface area contributed by atoms with E-state index in [9.17, 15) is 25.2 Å². The number of rotatable bonds is 9. The third-order valence-corrected chi connectivity index (χ3v) is 6.93. The maximum absolute atomic E-state index is 13.4. The first-order valence-electron chi connectivity index (χ1n) is 12.0. The molecule has 8 heteroatoms. The van der Waals surface area contributed by atoms with Gasteiger partial charge in [0, 0.05) is 23.0 Å². The van der Waals surface area contributed by atoms with Gasteiger partial charge >= 0.3 is 0 Å². The van der Waals surface area contributed by atoms with Crippen LogP contribution in [0.25, 0.3) is 0 Å². The van der Waals surface area contributed by atoms with E-state index in [0.29, 0.717) is 12.1 Å². The number of halogens is 1. The van der Waals surface area contributed by atoms with E-state index < -0.39 is 6.10 Å². The second kappa shape index (κ2) is 11.4. The molecule has 0 fully saturated rings. The summed E-state index contributed by atoms with van der Waals surface area (Å²) in [6.45, 7) is 8.21. The molecule has 2 aromatic carbocycles. The summed E-state index contributed by atoms with van der Waals surface area (Å²) < 4.78 is -0.307. The average Bonchev–Trinajstić information content (AvgIpc) is 2.91. The van der Waals surface area contributed by atoms with Gasteiger partial charge in [-0.3, -0.25) is 4.79 Å². The van der Waals surface area contributed by atoms with Crippen LogP contribution in [0.3, 0.4) is 0 Å². The second-order valence-electron chi connectivity index (χ2n) is 9.86. The van der Waals surface area contributed by atoms with Crippen LogP contribution in [0.1, 0.15) is 63.7 Å². The lowest BCUT2D eigenvalue weighted by molar-refractivity contribution is 0.0991. The van der Waals surface area contributed by atoms with Crippen LogP contribution >= 0.6 is 15.9 Å². The molecule has 7 nitrogen and oxygen atoms in total. The van der Waals surface area contributed by atoms with Crippen molar-refractivity contribution < 1.29 is 25.2 Å². The van der Waals surface area contributed by atoms with Crippen molar-refractivity contribution in [1.29, 1.82) is 0 Å². The second-order valence-corrected chi connectivity index (χ2v) is 11.9. The minimum Gasteiger partial charge on any atom is -0.508 e. The number of benzene rings is 2.